The Kier molecular flexibility index (Phi) is 9.48. The van der Waals surface area contributed by atoms with Crippen LogP contribution in [0.15, 0.2) is 72.1 Å². The van der Waals surface area contributed by atoms with Gasteiger partial charge in [-0.2, -0.15) is 5.10 Å². The maximum Gasteiger partial charge on any atom is 0.272 e. The van der Waals surface area contributed by atoms with Crippen molar-refractivity contribution in [1.29, 1.82) is 0 Å². The highest BCUT2D eigenvalue weighted by Gasteiger charge is 2.28. The van der Waals surface area contributed by atoms with Crippen LogP contribution in [-0.4, -0.2) is 22.2 Å². The van der Waals surface area contributed by atoms with E-state index in [2.05, 4.69) is 42.6 Å². The molecule has 0 spiro atoms. The second-order valence-corrected chi connectivity index (χ2v) is 9.95. The summed E-state index contributed by atoms with van der Waals surface area (Å²) in [7, 11) is 0. The van der Waals surface area contributed by atoms with Gasteiger partial charge in [-0.25, -0.2) is 4.68 Å². The van der Waals surface area contributed by atoms with Gasteiger partial charge in [0.15, 0.2) is 5.69 Å². The van der Waals surface area contributed by atoms with E-state index in [1.807, 2.05) is 65.8 Å². The van der Waals surface area contributed by atoms with Crippen LogP contribution in [0.4, 0.5) is 0 Å². The van der Waals surface area contributed by atoms with E-state index in [9.17, 15) is 4.79 Å². The third-order valence-corrected chi connectivity index (χ3v) is 5.72. The topological polar surface area (TPSA) is 56.2 Å². The Morgan fingerprint density at radius 2 is 1.91 bits per heavy atom. The fourth-order valence-electron chi connectivity index (χ4n) is 3.30. The van der Waals surface area contributed by atoms with Crippen molar-refractivity contribution in [3.8, 4) is 5.88 Å². The Labute approximate surface area is 205 Å². The quantitative estimate of drug-likeness (QED) is 0.285. The lowest BCUT2D eigenvalue weighted by atomic mass is 10.1. The lowest BCUT2D eigenvalue weighted by Gasteiger charge is -2.22. The zero-order chi connectivity index (χ0) is 25.5. The van der Waals surface area contributed by atoms with E-state index in [-0.39, 0.29) is 11.4 Å². The van der Waals surface area contributed by atoms with Gasteiger partial charge in [-0.3, -0.25) is 4.79 Å². The molecule has 0 aliphatic heterocycles. The molecule has 1 aliphatic rings. The highest BCUT2D eigenvalue weighted by Crippen LogP contribution is 2.35. The van der Waals surface area contributed by atoms with Gasteiger partial charge in [0.05, 0.1) is 5.54 Å². The number of carbonyl (C=O) groups is 1. The van der Waals surface area contributed by atoms with Gasteiger partial charge in [0.2, 0.25) is 5.88 Å². The largest absolute Gasteiger partial charge is 0.439 e. The standard InChI is InChI=1S/C29H41N3O2/c1-10-12-13-21(4)23(6)34-28-22(5)26(31-32(28)29(7,8)9)27(33)30-19-20(3)14-15-24(11-2)18-25-16-17-25/h10-15,25H,3,6,16-19H2,1-2,4-5,7-9H3,(H,30,33)/b12-10-,15-14-,21-13-,24-11+. The molecule has 1 aromatic rings. The van der Waals surface area contributed by atoms with Crippen LogP contribution < -0.4 is 10.1 Å². The fourth-order valence-corrected chi connectivity index (χ4v) is 3.30. The van der Waals surface area contributed by atoms with E-state index in [0.717, 1.165) is 23.5 Å². The number of hydrogen-bond acceptors (Lipinski definition) is 3. The second kappa shape index (κ2) is 11.9. The predicted molar refractivity (Wildman–Crippen MR) is 142 cm³/mol. The molecule has 1 aromatic heterocycles. The van der Waals surface area contributed by atoms with Crippen molar-refractivity contribution < 1.29 is 9.53 Å². The molecule has 0 unspecified atom stereocenters. The first kappa shape index (κ1) is 27.2. The van der Waals surface area contributed by atoms with Gasteiger partial charge < -0.3 is 10.1 Å². The average Bonchev–Trinajstić information content (AvgIpc) is 3.54. The van der Waals surface area contributed by atoms with Crippen molar-refractivity contribution in [3.63, 3.8) is 0 Å². The fraction of sp³-hybridized carbons (Fsp3) is 0.448. The second-order valence-electron chi connectivity index (χ2n) is 9.95. The Morgan fingerprint density at radius 3 is 2.47 bits per heavy atom. The minimum atomic E-state index is -0.378. The molecule has 34 heavy (non-hydrogen) atoms. The normalized spacial score (nSPS) is 15.3. The molecule has 0 aromatic carbocycles. The minimum Gasteiger partial charge on any atom is -0.439 e. The van der Waals surface area contributed by atoms with Crippen molar-refractivity contribution in [2.24, 2.45) is 5.92 Å². The third kappa shape index (κ3) is 7.75. The Bertz CT molecular complexity index is 1040. The molecular formula is C29H41N3O2. The maximum atomic E-state index is 13.0. The number of ether oxygens (including phenoxy) is 1. The number of rotatable bonds is 11. The highest BCUT2D eigenvalue weighted by atomic mass is 16.5. The zero-order valence-electron chi connectivity index (χ0n) is 22.0. The summed E-state index contributed by atoms with van der Waals surface area (Å²) in [4.78, 5) is 13.0. The van der Waals surface area contributed by atoms with Crippen LogP contribution in [0.5, 0.6) is 5.88 Å². The van der Waals surface area contributed by atoms with Gasteiger partial charge in [-0.05, 0) is 84.8 Å². The Balaban J connectivity index is 2.14. The van der Waals surface area contributed by atoms with E-state index in [1.54, 1.807) is 4.68 Å². The summed E-state index contributed by atoms with van der Waals surface area (Å²) in [6.45, 7) is 22.4. The molecule has 1 aliphatic carbocycles. The Hall–Kier alpha value is -3.08. The SMILES string of the molecule is C=C(/C=C\C(=C/C)CC1CC1)CNC(=O)c1nn(C(C)(C)C)c(OC(=C)/C(C)=C\C=C/C)c1C. The van der Waals surface area contributed by atoms with Gasteiger partial charge in [0.1, 0.15) is 5.76 Å². The van der Waals surface area contributed by atoms with Gasteiger partial charge in [0, 0.05) is 12.1 Å². The van der Waals surface area contributed by atoms with E-state index in [0.29, 0.717) is 29.4 Å². The van der Waals surface area contributed by atoms with Gasteiger partial charge in [-0.1, -0.05) is 55.2 Å². The summed E-state index contributed by atoms with van der Waals surface area (Å²) in [5.74, 6) is 1.62. The van der Waals surface area contributed by atoms with Gasteiger partial charge in [-0.15, -0.1) is 0 Å². The lowest BCUT2D eigenvalue weighted by molar-refractivity contribution is 0.0950. The summed E-state index contributed by atoms with van der Waals surface area (Å²) in [6.07, 6.45) is 15.8. The molecule has 5 heteroatoms. The summed E-state index contributed by atoms with van der Waals surface area (Å²) in [5, 5.41) is 7.56. The van der Waals surface area contributed by atoms with Crippen molar-refractivity contribution in [1.82, 2.24) is 15.1 Å². The Morgan fingerprint density at radius 1 is 1.24 bits per heavy atom. The molecule has 0 saturated heterocycles. The first-order chi connectivity index (χ1) is 16.0. The maximum absolute atomic E-state index is 13.0. The van der Waals surface area contributed by atoms with Crippen LogP contribution in [0.3, 0.4) is 0 Å². The minimum absolute atomic E-state index is 0.254. The third-order valence-electron chi connectivity index (χ3n) is 5.72. The molecule has 1 heterocycles. The predicted octanol–water partition coefficient (Wildman–Crippen LogP) is 6.95. The summed E-state index contributed by atoms with van der Waals surface area (Å²) < 4.78 is 7.87. The van der Waals surface area contributed by atoms with Crippen LogP contribution in [0.2, 0.25) is 0 Å². The van der Waals surface area contributed by atoms with Crippen molar-refractivity contribution in [2.75, 3.05) is 6.54 Å². The number of nitrogens with one attached hydrogen (secondary N) is 1. The first-order valence-corrected chi connectivity index (χ1v) is 12.0. The van der Waals surface area contributed by atoms with E-state index < -0.39 is 0 Å². The van der Waals surface area contributed by atoms with E-state index in [4.69, 9.17) is 4.74 Å². The molecular weight excluding hydrogens is 422 g/mol. The van der Waals surface area contributed by atoms with Crippen LogP contribution in [0.1, 0.15) is 76.9 Å². The van der Waals surface area contributed by atoms with Crippen molar-refractivity contribution >= 4 is 5.91 Å². The molecule has 0 atom stereocenters. The van der Waals surface area contributed by atoms with Gasteiger partial charge >= 0.3 is 0 Å². The van der Waals surface area contributed by atoms with E-state index >= 15 is 0 Å². The number of amides is 1. The molecule has 1 fully saturated rings. The highest BCUT2D eigenvalue weighted by molar-refractivity contribution is 5.94. The van der Waals surface area contributed by atoms with Crippen LogP contribution >= 0.6 is 0 Å². The van der Waals surface area contributed by atoms with Gasteiger partial charge in [0.25, 0.3) is 5.91 Å². The van der Waals surface area contributed by atoms with E-state index in [1.165, 1.54) is 18.4 Å². The van der Waals surface area contributed by atoms with Crippen LogP contribution in [0.25, 0.3) is 0 Å². The number of hydrogen-bond donors (Lipinski definition) is 1. The number of nitrogens with zero attached hydrogens (tertiary/aromatic N) is 2. The molecule has 0 bridgehead atoms. The zero-order valence-corrected chi connectivity index (χ0v) is 22.0. The summed E-state index contributed by atoms with van der Waals surface area (Å²) in [6, 6.07) is 0. The van der Waals surface area contributed by atoms with Crippen LogP contribution in [0, 0.1) is 12.8 Å². The van der Waals surface area contributed by atoms with Crippen molar-refractivity contribution in [2.45, 2.75) is 73.3 Å². The average molecular weight is 464 g/mol. The van der Waals surface area contributed by atoms with Crippen LogP contribution in [-0.2, 0) is 5.54 Å². The van der Waals surface area contributed by atoms with Crippen molar-refractivity contribution in [3.05, 3.63) is 83.3 Å². The smallest absolute Gasteiger partial charge is 0.272 e. The lowest BCUT2D eigenvalue weighted by Crippen LogP contribution is -2.28. The molecule has 1 N–H and O–H groups in total. The number of carbonyl (C=O) groups excluding carboxylic acids is 1. The molecule has 184 valence electrons. The summed E-state index contributed by atoms with van der Waals surface area (Å²) >= 11 is 0. The molecule has 1 saturated carbocycles. The molecule has 0 radical (unpaired) electrons. The molecule has 2 rings (SSSR count). The molecule has 5 nitrogen and oxygen atoms in total. The summed E-state index contributed by atoms with van der Waals surface area (Å²) in [5.41, 5.74) is 3.69. The molecule has 1 amide bonds. The number of aromatic nitrogens is 2. The first-order valence-electron chi connectivity index (χ1n) is 12.0. The number of allylic oxidation sites excluding steroid dienone is 7. The monoisotopic (exact) mass is 463 g/mol.